The third-order valence-electron chi connectivity index (χ3n) is 3.72. The van der Waals surface area contributed by atoms with Crippen molar-refractivity contribution in [1.82, 2.24) is 9.97 Å². The van der Waals surface area contributed by atoms with Gasteiger partial charge in [0.1, 0.15) is 5.82 Å². The zero-order valence-electron chi connectivity index (χ0n) is 10.5. The Morgan fingerprint density at radius 1 is 1.44 bits per heavy atom. The Kier molecular flexibility index (Phi) is 2.24. The molecular formula is C14H16N2O2. The average molecular weight is 244 g/mol. The molecule has 0 bridgehead atoms. The summed E-state index contributed by atoms with van der Waals surface area (Å²) in [6.45, 7) is 3.43. The number of nitrogens with one attached hydrogen (secondary N) is 1. The molecule has 0 spiro atoms. The molecule has 0 amide bonds. The molecule has 4 nitrogen and oxygen atoms in total. The second-order valence-electron chi connectivity index (χ2n) is 5.56. The first-order valence-electron chi connectivity index (χ1n) is 6.22. The normalized spacial score (nSPS) is 16.1. The quantitative estimate of drug-likeness (QED) is 0.872. The summed E-state index contributed by atoms with van der Waals surface area (Å²) >= 11 is 0. The zero-order chi connectivity index (χ0) is 12.9. The molecular weight excluding hydrogens is 228 g/mol. The summed E-state index contributed by atoms with van der Waals surface area (Å²) in [5.41, 5.74) is 1.78. The van der Waals surface area contributed by atoms with Crippen LogP contribution in [0, 0.1) is 0 Å². The van der Waals surface area contributed by atoms with Crippen LogP contribution in [0.2, 0.25) is 0 Å². The summed E-state index contributed by atoms with van der Waals surface area (Å²) < 4.78 is 0. The fraction of sp³-hybridized carbons (Fsp3) is 0.429. The summed E-state index contributed by atoms with van der Waals surface area (Å²) in [4.78, 5) is 19.1. The van der Waals surface area contributed by atoms with Gasteiger partial charge in [0.15, 0.2) is 0 Å². The Morgan fingerprint density at radius 2 is 2.17 bits per heavy atom. The van der Waals surface area contributed by atoms with Crippen LogP contribution in [-0.4, -0.2) is 21.0 Å². The van der Waals surface area contributed by atoms with Gasteiger partial charge in [0.05, 0.1) is 16.4 Å². The maximum Gasteiger partial charge on any atom is 0.313 e. The number of aromatic amines is 1. The number of imidazole rings is 1. The van der Waals surface area contributed by atoms with Gasteiger partial charge in [-0.3, -0.25) is 4.79 Å². The Bertz CT molecular complexity index is 624. The molecule has 1 aromatic heterocycles. The van der Waals surface area contributed by atoms with Gasteiger partial charge in [-0.15, -0.1) is 0 Å². The van der Waals surface area contributed by atoms with Crippen LogP contribution in [0.5, 0.6) is 0 Å². The fourth-order valence-electron chi connectivity index (χ4n) is 2.09. The second kappa shape index (κ2) is 3.57. The predicted molar refractivity (Wildman–Crippen MR) is 68.7 cm³/mol. The Morgan fingerprint density at radius 3 is 2.78 bits per heavy atom. The van der Waals surface area contributed by atoms with Crippen LogP contribution >= 0.6 is 0 Å². The molecule has 1 aromatic carbocycles. The van der Waals surface area contributed by atoms with E-state index in [2.05, 4.69) is 9.97 Å². The van der Waals surface area contributed by atoms with Crippen LogP contribution < -0.4 is 0 Å². The van der Waals surface area contributed by atoms with Gasteiger partial charge >= 0.3 is 5.97 Å². The smallest absolute Gasteiger partial charge is 0.313 e. The Balaban J connectivity index is 2.07. The Labute approximate surface area is 105 Å². The lowest BCUT2D eigenvalue weighted by Crippen LogP contribution is -2.28. The van der Waals surface area contributed by atoms with Crippen molar-refractivity contribution in [1.29, 1.82) is 0 Å². The highest BCUT2D eigenvalue weighted by molar-refractivity contribution is 5.83. The highest BCUT2D eigenvalue weighted by Crippen LogP contribution is 2.39. The zero-order valence-corrected chi connectivity index (χ0v) is 10.5. The molecule has 2 N–H and O–H groups in total. The standard InChI is InChI=1S/C14H16N2O2/c1-14(2,13(17)18)9-5-6-10-11(7-9)16-12(15-10)8-3-4-8/h5-8H,3-4H2,1-2H3,(H,15,16)(H,17,18). The minimum absolute atomic E-state index is 0.577. The summed E-state index contributed by atoms with van der Waals surface area (Å²) in [5.74, 6) is 0.799. The van der Waals surface area contributed by atoms with E-state index in [4.69, 9.17) is 0 Å². The Hall–Kier alpha value is -1.84. The minimum atomic E-state index is -0.876. The average Bonchev–Trinajstić information content (AvgIpc) is 3.08. The van der Waals surface area contributed by atoms with Crippen LogP contribution in [0.15, 0.2) is 18.2 Å². The predicted octanol–water partition coefficient (Wildman–Crippen LogP) is 2.80. The largest absolute Gasteiger partial charge is 0.481 e. The second-order valence-corrected chi connectivity index (χ2v) is 5.56. The lowest BCUT2D eigenvalue weighted by Gasteiger charge is -2.19. The number of aromatic nitrogens is 2. The number of H-pyrrole nitrogens is 1. The molecule has 0 atom stereocenters. The third kappa shape index (κ3) is 1.68. The highest BCUT2D eigenvalue weighted by Gasteiger charge is 2.30. The maximum absolute atomic E-state index is 11.3. The van der Waals surface area contributed by atoms with Crippen molar-refractivity contribution in [2.45, 2.75) is 38.0 Å². The van der Waals surface area contributed by atoms with Crippen LogP contribution in [0.3, 0.4) is 0 Å². The van der Waals surface area contributed by atoms with Gasteiger partial charge in [-0.25, -0.2) is 4.98 Å². The first-order valence-corrected chi connectivity index (χ1v) is 6.22. The van der Waals surface area contributed by atoms with Crippen molar-refractivity contribution >= 4 is 17.0 Å². The molecule has 3 rings (SSSR count). The number of rotatable bonds is 3. The van der Waals surface area contributed by atoms with E-state index in [9.17, 15) is 9.90 Å². The highest BCUT2D eigenvalue weighted by atomic mass is 16.4. The lowest BCUT2D eigenvalue weighted by atomic mass is 9.85. The molecule has 0 unspecified atom stereocenters. The van der Waals surface area contributed by atoms with Crippen molar-refractivity contribution in [2.75, 3.05) is 0 Å². The number of carbonyl (C=O) groups is 1. The van der Waals surface area contributed by atoms with Gasteiger partial charge < -0.3 is 10.1 Å². The molecule has 1 aliphatic rings. The third-order valence-corrected chi connectivity index (χ3v) is 3.72. The minimum Gasteiger partial charge on any atom is -0.481 e. The van der Waals surface area contributed by atoms with Crippen molar-refractivity contribution in [3.63, 3.8) is 0 Å². The summed E-state index contributed by atoms with van der Waals surface area (Å²) in [5, 5.41) is 9.24. The van der Waals surface area contributed by atoms with Crippen LogP contribution in [0.4, 0.5) is 0 Å². The van der Waals surface area contributed by atoms with E-state index in [0.29, 0.717) is 5.92 Å². The summed E-state index contributed by atoms with van der Waals surface area (Å²) in [6, 6.07) is 5.66. The van der Waals surface area contributed by atoms with E-state index in [1.165, 1.54) is 12.8 Å². The van der Waals surface area contributed by atoms with Gasteiger partial charge in [-0.2, -0.15) is 0 Å². The van der Waals surface area contributed by atoms with Crippen molar-refractivity contribution in [2.24, 2.45) is 0 Å². The molecule has 2 aromatic rings. The molecule has 0 aliphatic heterocycles. The molecule has 1 heterocycles. The van der Waals surface area contributed by atoms with E-state index in [1.807, 2.05) is 18.2 Å². The van der Waals surface area contributed by atoms with Gasteiger partial charge in [0.2, 0.25) is 0 Å². The van der Waals surface area contributed by atoms with Crippen molar-refractivity contribution in [3.05, 3.63) is 29.6 Å². The molecule has 1 fully saturated rings. The number of hydrogen-bond acceptors (Lipinski definition) is 2. The van der Waals surface area contributed by atoms with Gasteiger partial charge in [-0.05, 0) is 44.4 Å². The number of fused-ring (bicyclic) bond motifs is 1. The monoisotopic (exact) mass is 244 g/mol. The van der Waals surface area contributed by atoms with E-state index in [1.54, 1.807) is 13.8 Å². The molecule has 1 aliphatic carbocycles. The number of carboxylic acids is 1. The van der Waals surface area contributed by atoms with Crippen LogP contribution in [-0.2, 0) is 10.2 Å². The molecule has 1 saturated carbocycles. The number of benzene rings is 1. The maximum atomic E-state index is 11.3. The van der Waals surface area contributed by atoms with Crippen molar-refractivity contribution in [3.8, 4) is 0 Å². The molecule has 18 heavy (non-hydrogen) atoms. The van der Waals surface area contributed by atoms with Crippen molar-refractivity contribution < 1.29 is 9.90 Å². The summed E-state index contributed by atoms with van der Waals surface area (Å²) in [7, 11) is 0. The number of carboxylic acid groups (broad SMARTS) is 1. The number of hydrogen-bond donors (Lipinski definition) is 2. The lowest BCUT2D eigenvalue weighted by molar-refractivity contribution is -0.142. The first kappa shape index (κ1) is 11.3. The molecule has 0 radical (unpaired) electrons. The fourth-order valence-corrected chi connectivity index (χ4v) is 2.09. The SMILES string of the molecule is CC(C)(C(=O)O)c1ccc2nc(C3CC3)[nH]c2c1. The number of aliphatic carboxylic acids is 1. The van der Waals surface area contributed by atoms with Gasteiger partial charge in [-0.1, -0.05) is 6.07 Å². The van der Waals surface area contributed by atoms with Crippen LogP contribution in [0.1, 0.15) is 44.0 Å². The molecule has 4 heteroatoms. The van der Waals surface area contributed by atoms with E-state index in [-0.39, 0.29) is 0 Å². The number of nitrogens with zero attached hydrogens (tertiary/aromatic N) is 1. The van der Waals surface area contributed by atoms with Crippen LogP contribution in [0.25, 0.3) is 11.0 Å². The van der Waals surface area contributed by atoms with E-state index in [0.717, 1.165) is 22.4 Å². The molecule has 0 saturated heterocycles. The topological polar surface area (TPSA) is 66.0 Å². The van der Waals surface area contributed by atoms with Gasteiger partial charge in [0.25, 0.3) is 0 Å². The molecule has 94 valence electrons. The van der Waals surface area contributed by atoms with Gasteiger partial charge in [0, 0.05) is 5.92 Å². The van der Waals surface area contributed by atoms with E-state index >= 15 is 0 Å². The summed E-state index contributed by atoms with van der Waals surface area (Å²) in [6.07, 6.45) is 2.40. The van der Waals surface area contributed by atoms with E-state index < -0.39 is 11.4 Å². The first-order chi connectivity index (χ1) is 8.48.